The summed E-state index contributed by atoms with van der Waals surface area (Å²) in [5, 5.41) is 6.08. The molecule has 2 rings (SSSR count). The van der Waals surface area contributed by atoms with Gasteiger partial charge in [-0.05, 0) is 24.3 Å². The van der Waals surface area contributed by atoms with Gasteiger partial charge in [-0.1, -0.05) is 24.3 Å². The van der Waals surface area contributed by atoms with Gasteiger partial charge in [-0.25, -0.2) is 0 Å². The number of ether oxygens (including phenoxy) is 2. The number of halogens is 3. The molecule has 0 radical (unpaired) electrons. The van der Waals surface area contributed by atoms with Crippen LogP contribution in [-0.2, 0) is 0 Å². The molecule has 0 saturated heterocycles. The summed E-state index contributed by atoms with van der Waals surface area (Å²) in [7, 11) is 0. The Morgan fingerprint density at radius 3 is 2.00 bits per heavy atom. The van der Waals surface area contributed by atoms with Gasteiger partial charge in [0.2, 0.25) is 0 Å². The molecule has 19 heavy (non-hydrogen) atoms. The lowest BCUT2D eigenvalue weighted by atomic mass is 10.3. The highest BCUT2D eigenvalue weighted by molar-refractivity contribution is 9.09. The zero-order valence-corrected chi connectivity index (χ0v) is 11.1. The first-order valence-electron chi connectivity index (χ1n) is 5.26. The van der Waals surface area contributed by atoms with Crippen molar-refractivity contribution in [1.82, 2.24) is 0 Å². The maximum absolute atomic E-state index is 12.8. The van der Waals surface area contributed by atoms with Gasteiger partial charge in [0.15, 0.2) is 23.0 Å². The van der Waals surface area contributed by atoms with Crippen LogP contribution in [0, 0.1) is 0 Å². The van der Waals surface area contributed by atoms with E-state index in [0.29, 0.717) is 0 Å². The van der Waals surface area contributed by atoms with Crippen LogP contribution in [0.25, 0.3) is 0 Å². The summed E-state index contributed by atoms with van der Waals surface area (Å²) in [6, 6.07) is 12.1. The van der Waals surface area contributed by atoms with Gasteiger partial charge in [-0.15, -0.1) is 0 Å². The van der Waals surface area contributed by atoms with E-state index in [2.05, 4.69) is 20.7 Å². The molecule has 100 valence electrons. The second-order valence-electron chi connectivity index (χ2n) is 3.56. The Bertz CT molecular complexity index is 570. The molecule has 0 aliphatic rings. The molecule has 0 heterocycles. The van der Waals surface area contributed by atoms with E-state index in [1.54, 1.807) is 18.2 Å². The Balaban J connectivity index is 2.28. The van der Waals surface area contributed by atoms with Crippen LogP contribution in [0.15, 0.2) is 48.5 Å². The molecule has 2 aromatic rings. The third-order valence-corrected chi connectivity index (χ3v) is 2.32. The largest absolute Gasteiger partial charge is 0.504 e. The second-order valence-corrected chi connectivity index (χ2v) is 4.49. The smallest absolute Gasteiger partial charge is 0.459 e. The minimum Gasteiger partial charge on any atom is -0.504 e. The third kappa shape index (κ3) is 3.82. The predicted molar refractivity (Wildman–Crippen MR) is 69.1 cm³/mol. The molecule has 3 nitrogen and oxygen atoms in total. The average Bonchev–Trinajstić information content (AvgIpc) is 2.33. The fourth-order valence-electron chi connectivity index (χ4n) is 1.41. The SMILES string of the molecule is Oc1ccccc1Oc1ccccc1OC(F)(F)Br. The Labute approximate surface area is 116 Å². The summed E-state index contributed by atoms with van der Waals surface area (Å²) in [5.74, 6) is -0.0184. The lowest BCUT2D eigenvalue weighted by Gasteiger charge is -2.15. The van der Waals surface area contributed by atoms with E-state index in [1.165, 1.54) is 30.3 Å². The van der Waals surface area contributed by atoms with E-state index in [-0.39, 0.29) is 23.0 Å². The highest BCUT2D eigenvalue weighted by Gasteiger charge is 2.28. The van der Waals surface area contributed by atoms with Gasteiger partial charge in [0.25, 0.3) is 0 Å². The molecule has 0 spiro atoms. The number of alkyl halides is 3. The standard InChI is InChI=1S/C13H9BrF2O3/c14-13(15,16)19-12-8-4-3-7-11(12)18-10-6-2-1-5-9(10)17/h1-8,17H. The Kier molecular flexibility index (Phi) is 3.90. The van der Waals surface area contributed by atoms with Gasteiger partial charge in [0.1, 0.15) is 0 Å². The van der Waals surface area contributed by atoms with Crippen molar-refractivity contribution in [2.24, 2.45) is 0 Å². The fourth-order valence-corrected chi connectivity index (χ4v) is 1.58. The number of rotatable bonds is 4. The summed E-state index contributed by atoms with van der Waals surface area (Å²) < 4.78 is 35.4. The molecule has 0 saturated carbocycles. The zero-order valence-electron chi connectivity index (χ0n) is 9.52. The molecule has 2 aromatic carbocycles. The van der Waals surface area contributed by atoms with Crippen LogP contribution in [0.5, 0.6) is 23.0 Å². The molecule has 0 aromatic heterocycles. The minimum absolute atomic E-state index is 0.0723. The van der Waals surface area contributed by atoms with E-state index in [9.17, 15) is 13.9 Å². The van der Waals surface area contributed by atoms with Gasteiger partial charge < -0.3 is 14.6 Å². The molecule has 0 unspecified atom stereocenters. The van der Waals surface area contributed by atoms with Gasteiger partial charge in [-0.3, -0.25) is 0 Å². The van der Waals surface area contributed by atoms with Crippen LogP contribution in [0.4, 0.5) is 8.78 Å². The first-order chi connectivity index (χ1) is 8.96. The van der Waals surface area contributed by atoms with Crippen molar-refractivity contribution in [2.45, 2.75) is 5.02 Å². The number of para-hydroxylation sites is 4. The summed E-state index contributed by atoms with van der Waals surface area (Å²) in [4.78, 5) is 0. The topological polar surface area (TPSA) is 38.7 Å². The molecular formula is C13H9BrF2O3. The van der Waals surface area contributed by atoms with Crippen LogP contribution in [0.2, 0.25) is 0 Å². The number of hydrogen-bond donors (Lipinski definition) is 1. The van der Waals surface area contributed by atoms with E-state index in [4.69, 9.17) is 4.74 Å². The van der Waals surface area contributed by atoms with Crippen molar-refractivity contribution in [3.05, 3.63) is 48.5 Å². The lowest BCUT2D eigenvalue weighted by molar-refractivity contribution is -0.0813. The summed E-state index contributed by atoms with van der Waals surface area (Å²) >= 11 is 2.09. The van der Waals surface area contributed by atoms with Gasteiger partial charge in [0, 0.05) is 15.9 Å². The van der Waals surface area contributed by atoms with E-state index in [0.717, 1.165) is 0 Å². The molecule has 1 N–H and O–H groups in total. The van der Waals surface area contributed by atoms with Crippen molar-refractivity contribution in [3.63, 3.8) is 0 Å². The maximum Gasteiger partial charge on any atom is 0.459 e. The highest BCUT2D eigenvalue weighted by atomic mass is 79.9. The lowest BCUT2D eigenvalue weighted by Crippen LogP contribution is -2.15. The molecule has 0 fully saturated rings. The van der Waals surface area contributed by atoms with Crippen LogP contribution >= 0.6 is 15.9 Å². The highest BCUT2D eigenvalue weighted by Crippen LogP contribution is 2.38. The minimum atomic E-state index is -3.49. The summed E-state index contributed by atoms with van der Waals surface area (Å²) in [6.45, 7) is 0. The second kappa shape index (κ2) is 5.44. The first kappa shape index (κ1) is 13.6. The van der Waals surface area contributed by atoms with Crippen molar-refractivity contribution in [2.75, 3.05) is 0 Å². The van der Waals surface area contributed by atoms with Crippen LogP contribution in [0.3, 0.4) is 0 Å². The van der Waals surface area contributed by atoms with Gasteiger partial charge in [0.05, 0.1) is 0 Å². The van der Waals surface area contributed by atoms with E-state index < -0.39 is 5.02 Å². The Hall–Kier alpha value is -1.82. The Morgan fingerprint density at radius 2 is 1.42 bits per heavy atom. The number of phenols is 1. The average molecular weight is 331 g/mol. The van der Waals surface area contributed by atoms with Crippen LogP contribution in [-0.4, -0.2) is 10.1 Å². The third-order valence-electron chi connectivity index (χ3n) is 2.16. The molecule has 0 atom stereocenters. The maximum atomic E-state index is 12.8. The van der Waals surface area contributed by atoms with Gasteiger partial charge >= 0.3 is 5.02 Å². The van der Waals surface area contributed by atoms with Crippen molar-refractivity contribution < 1.29 is 23.4 Å². The predicted octanol–water partition coefficient (Wildman–Crippen LogP) is 4.51. The van der Waals surface area contributed by atoms with Crippen molar-refractivity contribution in [1.29, 1.82) is 0 Å². The van der Waals surface area contributed by atoms with Crippen molar-refractivity contribution in [3.8, 4) is 23.0 Å². The number of benzene rings is 2. The summed E-state index contributed by atoms with van der Waals surface area (Å²) in [6.07, 6.45) is 0. The normalized spacial score (nSPS) is 11.1. The molecule has 0 bridgehead atoms. The molecule has 6 heteroatoms. The van der Waals surface area contributed by atoms with E-state index >= 15 is 0 Å². The number of aromatic hydroxyl groups is 1. The number of hydrogen-bond acceptors (Lipinski definition) is 3. The van der Waals surface area contributed by atoms with Gasteiger partial charge in [-0.2, -0.15) is 8.78 Å². The Morgan fingerprint density at radius 1 is 0.895 bits per heavy atom. The summed E-state index contributed by atoms with van der Waals surface area (Å²) in [5.41, 5.74) is 0. The van der Waals surface area contributed by atoms with Crippen LogP contribution < -0.4 is 9.47 Å². The van der Waals surface area contributed by atoms with E-state index in [1.807, 2.05) is 0 Å². The fraction of sp³-hybridized carbons (Fsp3) is 0.0769. The van der Waals surface area contributed by atoms with Crippen molar-refractivity contribution >= 4 is 15.9 Å². The first-order valence-corrected chi connectivity index (χ1v) is 6.05. The monoisotopic (exact) mass is 330 g/mol. The van der Waals surface area contributed by atoms with Crippen LogP contribution in [0.1, 0.15) is 0 Å². The quantitative estimate of drug-likeness (QED) is 0.838. The zero-order chi connectivity index (χ0) is 13.9. The number of phenolic OH excluding ortho intramolecular Hbond substituents is 1. The molecule has 0 aliphatic carbocycles. The molecule has 0 aliphatic heterocycles. The molecular weight excluding hydrogens is 322 g/mol. The molecule has 0 amide bonds.